The fourth-order valence-corrected chi connectivity index (χ4v) is 2.93. The molecule has 1 aliphatic heterocycles. The highest BCUT2D eigenvalue weighted by atomic mass is 19.1. The van der Waals surface area contributed by atoms with E-state index < -0.39 is 5.67 Å². The van der Waals surface area contributed by atoms with Gasteiger partial charge < -0.3 is 10.5 Å². The van der Waals surface area contributed by atoms with Crippen LogP contribution in [0.25, 0.3) is 0 Å². The van der Waals surface area contributed by atoms with Gasteiger partial charge in [0.05, 0.1) is 6.10 Å². The van der Waals surface area contributed by atoms with Crippen molar-refractivity contribution in [2.24, 2.45) is 5.73 Å². The van der Waals surface area contributed by atoms with Gasteiger partial charge in [0.2, 0.25) is 0 Å². The Hall–Kier alpha value is -0.150. The maximum Gasteiger partial charge on any atom is 0.111 e. The predicted octanol–water partition coefficient (Wildman–Crippen LogP) is 2.95. The van der Waals surface area contributed by atoms with Crippen LogP contribution < -0.4 is 5.73 Å². The first-order valence-electron chi connectivity index (χ1n) is 6.74. The van der Waals surface area contributed by atoms with Crippen molar-refractivity contribution in [2.45, 2.75) is 75.6 Å². The molecule has 0 bridgehead atoms. The fourth-order valence-electron chi connectivity index (χ4n) is 2.93. The third kappa shape index (κ3) is 3.42. The summed E-state index contributed by atoms with van der Waals surface area (Å²) in [5.41, 5.74) is 4.88. The Morgan fingerprint density at radius 3 is 2.62 bits per heavy atom. The molecule has 16 heavy (non-hydrogen) atoms. The minimum Gasteiger partial charge on any atom is -0.378 e. The predicted molar refractivity (Wildman–Crippen MR) is 63.1 cm³/mol. The lowest BCUT2D eigenvalue weighted by molar-refractivity contribution is 0.0689. The number of hydrogen-bond acceptors (Lipinski definition) is 2. The molecule has 0 aromatic rings. The molecule has 1 saturated carbocycles. The van der Waals surface area contributed by atoms with E-state index in [4.69, 9.17) is 10.5 Å². The first-order chi connectivity index (χ1) is 7.68. The second-order valence-electron chi connectivity index (χ2n) is 5.52. The molecule has 0 spiro atoms. The molecule has 2 aliphatic rings. The summed E-state index contributed by atoms with van der Waals surface area (Å²) in [6.45, 7) is 0.903. The standard InChI is InChI=1S/C13H24FNO/c14-13(8-5-11(15)6-9-13)7-1-3-12-4-2-10-16-12/h11-12H,1-10,15H2. The molecule has 94 valence electrons. The summed E-state index contributed by atoms with van der Waals surface area (Å²) < 4.78 is 19.9. The first-order valence-corrected chi connectivity index (χ1v) is 6.74. The highest BCUT2D eigenvalue weighted by molar-refractivity contribution is 4.87. The molecular formula is C13H24FNO. The van der Waals surface area contributed by atoms with Crippen LogP contribution in [0.1, 0.15) is 57.8 Å². The zero-order valence-electron chi connectivity index (χ0n) is 10.1. The van der Waals surface area contributed by atoms with E-state index >= 15 is 0 Å². The molecule has 0 aromatic heterocycles. The molecule has 1 saturated heterocycles. The topological polar surface area (TPSA) is 35.2 Å². The lowest BCUT2D eigenvalue weighted by atomic mass is 9.80. The van der Waals surface area contributed by atoms with Crippen molar-refractivity contribution in [3.8, 4) is 0 Å². The molecule has 2 fully saturated rings. The van der Waals surface area contributed by atoms with Crippen LogP contribution in [0.2, 0.25) is 0 Å². The van der Waals surface area contributed by atoms with Gasteiger partial charge in [0.15, 0.2) is 0 Å². The molecule has 0 aromatic carbocycles. The van der Waals surface area contributed by atoms with Crippen molar-refractivity contribution in [1.82, 2.24) is 0 Å². The van der Waals surface area contributed by atoms with Crippen LogP contribution in [0.5, 0.6) is 0 Å². The van der Waals surface area contributed by atoms with E-state index in [2.05, 4.69) is 0 Å². The van der Waals surface area contributed by atoms with Crippen LogP contribution >= 0.6 is 0 Å². The summed E-state index contributed by atoms with van der Waals surface area (Å²) in [5, 5.41) is 0. The Kier molecular flexibility index (Phi) is 4.20. The lowest BCUT2D eigenvalue weighted by Gasteiger charge is -2.32. The van der Waals surface area contributed by atoms with Gasteiger partial charge >= 0.3 is 0 Å². The van der Waals surface area contributed by atoms with Gasteiger partial charge in [-0.1, -0.05) is 0 Å². The minimum absolute atomic E-state index is 0.238. The Morgan fingerprint density at radius 1 is 1.25 bits per heavy atom. The highest BCUT2D eigenvalue weighted by Gasteiger charge is 2.33. The number of halogens is 1. The average molecular weight is 229 g/mol. The monoisotopic (exact) mass is 229 g/mol. The van der Waals surface area contributed by atoms with Gasteiger partial charge in [-0.3, -0.25) is 0 Å². The highest BCUT2D eigenvalue weighted by Crippen LogP contribution is 2.36. The third-order valence-corrected chi connectivity index (χ3v) is 4.10. The van der Waals surface area contributed by atoms with Crippen molar-refractivity contribution in [1.29, 1.82) is 0 Å². The number of ether oxygens (including phenoxy) is 1. The molecule has 1 aliphatic carbocycles. The van der Waals surface area contributed by atoms with Crippen LogP contribution in [0.15, 0.2) is 0 Å². The molecular weight excluding hydrogens is 205 g/mol. The molecule has 2 nitrogen and oxygen atoms in total. The Balaban J connectivity index is 1.64. The second kappa shape index (κ2) is 5.46. The van der Waals surface area contributed by atoms with Gasteiger partial charge in [0, 0.05) is 12.6 Å². The van der Waals surface area contributed by atoms with Gasteiger partial charge in [-0.2, -0.15) is 0 Å². The second-order valence-corrected chi connectivity index (χ2v) is 5.52. The minimum atomic E-state index is -0.922. The van der Waals surface area contributed by atoms with Crippen LogP contribution in [-0.4, -0.2) is 24.4 Å². The zero-order chi connectivity index (χ0) is 11.4. The van der Waals surface area contributed by atoms with E-state index in [1.54, 1.807) is 0 Å². The summed E-state index contributed by atoms with van der Waals surface area (Å²) in [5.74, 6) is 0. The van der Waals surface area contributed by atoms with Crippen molar-refractivity contribution in [3.63, 3.8) is 0 Å². The summed E-state index contributed by atoms with van der Waals surface area (Å²) >= 11 is 0. The van der Waals surface area contributed by atoms with Gasteiger partial charge in [0.1, 0.15) is 5.67 Å². The number of hydrogen-bond donors (Lipinski definition) is 1. The molecule has 1 atom stereocenters. The van der Waals surface area contributed by atoms with Gasteiger partial charge in [-0.05, 0) is 57.8 Å². The summed E-state index contributed by atoms with van der Waals surface area (Å²) in [4.78, 5) is 0. The van der Waals surface area contributed by atoms with Crippen LogP contribution in [0, 0.1) is 0 Å². The van der Waals surface area contributed by atoms with Crippen LogP contribution in [0.4, 0.5) is 4.39 Å². The molecule has 0 radical (unpaired) electrons. The molecule has 3 heteroatoms. The van der Waals surface area contributed by atoms with Crippen LogP contribution in [0.3, 0.4) is 0 Å². The summed E-state index contributed by atoms with van der Waals surface area (Å²) in [6, 6.07) is 0.238. The van der Waals surface area contributed by atoms with Crippen molar-refractivity contribution >= 4 is 0 Å². The molecule has 2 rings (SSSR count). The number of nitrogens with two attached hydrogens (primary N) is 1. The molecule has 0 amide bonds. The maximum absolute atomic E-state index is 14.3. The van der Waals surface area contributed by atoms with Crippen LogP contribution in [-0.2, 0) is 4.74 Å². The Labute approximate surface area is 97.7 Å². The number of rotatable bonds is 4. The Bertz CT molecular complexity index is 208. The lowest BCUT2D eigenvalue weighted by Crippen LogP contribution is -2.35. The fraction of sp³-hybridized carbons (Fsp3) is 1.00. The van der Waals surface area contributed by atoms with Gasteiger partial charge in [-0.25, -0.2) is 4.39 Å². The summed E-state index contributed by atoms with van der Waals surface area (Å²) in [6.07, 6.45) is 8.53. The van der Waals surface area contributed by atoms with E-state index in [9.17, 15) is 4.39 Å². The van der Waals surface area contributed by atoms with E-state index in [0.29, 0.717) is 25.4 Å². The maximum atomic E-state index is 14.3. The van der Waals surface area contributed by atoms with E-state index in [1.165, 1.54) is 12.8 Å². The third-order valence-electron chi connectivity index (χ3n) is 4.10. The normalized spacial score (nSPS) is 40.1. The van der Waals surface area contributed by atoms with Gasteiger partial charge in [0.25, 0.3) is 0 Å². The quantitative estimate of drug-likeness (QED) is 0.804. The molecule has 1 unspecified atom stereocenters. The largest absolute Gasteiger partial charge is 0.378 e. The average Bonchev–Trinajstić information content (AvgIpc) is 2.76. The van der Waals surface area contributed by atoms with E-state index in [-0.39, 0.29) is 6.04 Å². The first kappa shape index (κ1) is 12.3. The SMILES string of the molecule is NC1CCC(F)(CCCC2CCCO2)CC1. The smallest absolute Gasteiger partial charge is 0.111 e. The van der Waals surface area contributed by atoms with Crippen molar-refractivity contribution in [2.75, 3.05) is 6.61 Å². The molecule has 2 N–H and O–H groups in total. The van der Waals surface area contributed by atoms with E-state index in [1.807, 2.05) is 0 Å². The zero-order valence-corrected chi connectivity index (χ0v) is 10.1. The van der Waals surface area contributed by atoms with Crippen molar-refractivity contribution < 1.29 is 9.13 Å². The molecule has 1 heterocycles. The summed E-state index contributed by atoms with van der Waals surface area (Å²) in [7, 11) is 0. The number of alkyl halides is 1. The van der Waals surface area contributed by atoms with Gasteiger partial charge in [-0.15, -0.1) is 0 Å². The Morgan fingerprint density at radius 2 is 2.00 bits per heavy atom. The van der Waals surface area contributed by atoms with Crippen molar-refractivity contribution in [3.05, 3.63) is 0 Å². The van der Waals surface area contributed by atoms with E-state index in [0.717, 1.165) is 32.3 Å².